The number of carbonyl (C=O) groups excluding carboxylic acids is 2. The number of imidazole rings is 1. The molecular formula is C36H45ClN6O3. The van der Waals surface area contributed by atoms with E-state index in [0.717, 1.165) is 73.5 Å². The van der Waals surface area contributed by atoms with Crippen LogP contribution in [0.4, 0.5) is 4.79 Å². The number of pyridine rings is 1. The number of piperazine rings is 1. The molecule has 244 valence electrons. The highest BCUT2D eigenvalue weighted by Crippen LogP contribution is 2.38. The number of nitrogens with one attached hydrogen (secondary N) is 1. The van der Waals surface area contributed by atoms with E-state index in [0.29, 0.717) is 45.1 Å². The van der Waals surface area contributed by atoms with Gasteiger partial charge in [-0.2, -0.15) is 0 Å². The maximum atomic E-state index is 14.7. The Morgan fingerprint density at radius 3 is 2.65 bits per heavy atom. The van der Waals surface area contributed by atoms with E-state index in [1.54, 1.807) is 11.2 Å². The largest absolute Gasteiger partial charge is 0.446 e. The summed E-state index contributed by atoms with van der Waals surface area (Å²) < 4.78 is 6.10. The Bertz CT molecular complexity index is 1550. The number of aromatic nitrogens is 3. The molecule has 0 bridgehead atoms. The Morgan fingerprint density at radius 2 is 1.87 bits per heavy atom. The van der Waals surface area contributed by atoms with E-state index in [1.807, 2.05) is 30.2 Å². The highest BCUT2D eigenvalue weighted by Gasteiger charge is 2.43. The van der Waals surface area contributed by atoms with E-state index >= 15 is 0 Å². The van der Waals surface area contributed by atoms with Crippen LogP contribution in [0.2, 0.25) is 5.02 Å². The first kappa shape index (κ1) is 31.2. The number of H-pyrrole nitrogens is 1. The first-order valence-corrected chi connectivity index (χ1v) is 17.5. The normalized spacial score (nSPS) is 22.1. The van der Waals surface area contributed by atoms with Gasteiger partial charge in [-0.1, -0.05) is 30.2 Å². The van der Waals surface area contributed by atoms with Crippen molar-refractivity contribution in [2.45, 2.75) is 89.3 Å². The Labute approximate surface area is 276 Å². The van der Waals surface area contributed by atoms with Gasteiger partial charge in [0.2, 0.25) is 5.91 Å². The molecule has 7 rings (SSSR count). The molecule has 0 unspecified atom stereocenters. The van der Waals surface area contributed by atoms with Crippen molar-refractivity contribution in [3.05, 3.63) is 81.7 Å². The summed E-state index contributed by atoms with van der Waals surface area (Å²) in [6, 6.07) is 9.52. The fraction of sp³-hybridized carbons (Fsp3) is 0.556. The second-order valence-electron chi connectivity index (χ2n) is 13.6. The van der Waals surface area contributed by atoms with Crippen molar-refractivity contribution < 1.29 is 14.3 Å². The zero-order chi connectivity index (χ0) is 31.6. The van der Waals surface area contributed by atoms with E-state index in [4.69, 9.17) is 21.3 Å². The maximum Gasteiger partial charge on any atom is 0.410 e. The first-order chi connectivity index (χ1) is 22.4. The minimum absolute atomic E-state index is 0.00317. The van der Waals surface area contributed by atoms with E-state index < -0.39 is 6.04 Å². The van der Waals surface area contributed by atoms with Gasteiger partial charge in [-0.25, -0.2) is 9.78 Å². The lowest BCUT2D eigenvalue weighted by Gasteiger charge is -2.45. The number of hydrogen-bond acceptors (Lipinski definition) is 6. The van der Waals surface area contributed by atoms with Crippen LogP contribution >= 0.6 is 11.6 Å². The van der Waals surface area contributed by atoms with Crippen molar-refractivity contribution >= 4 is 23.6 Å². The number of aromatic amines is 1. The van der Waals surface area contributed by atoms with Crippen molar-refractivity contribution in [3.8, 4) is 0 Å². The number of benzene rings is 1. The minimum Gasteiger partial charge on any atom is -0.446 e. The highest BCUT2D eigenvalue weighted by atomic mass is 35.5. The van der Waals surface area contributed by atoms with Gasteiger partial charge in [-0.3, -0.25) is 19.6 Å². The summed E-state index contributed by atoms with van der Waals surface area (Å²) in [4.78, 5) is 47.3. The molecule has 1 aromatic carbocycles. The Kier molecular flexibility index (Phi) is 9.31. The highest BCUT2D eigenvalue weighted by molar-refractivity contribution is 6.30. The summed E-state index contributed by atoms with van der Waals surface area (Å²) in [6.45, 7) is 4.73. The number of carbonyl (C=O) groups is 2. The molecule has 4 aliphatic rings. The molecule has 1 aliphatic heterocycles. The molecule has 46 heavy (non-hydrogen) atoms. The number of hydrogen-bond donors (Lipinski definition) is 1. The van der Waals surface area contributed by atoms with Gasteiger partial charge >= 0.3 is 6.09 Å². The topological polar surface area (TPSA) is 94.7 Å². The molecule has 0 spiro atoms. The smallest absolute Gasteiger partial charge is 0.410 e. The molecule has 3 aromatic rings. The summed E-state index contributed by atoms with van der Waals surface area (Å²) in [5, 5.41) is 0.725. The lowest BCUT2D eigenvalue weighted by Crippen LogP contribution is -2.62. The maximum absolute atomic E-state index is 14.7. The number of aryl methyl sites for hydroxylation is 3. The van der Waals surface area contributed by atoms with Crippen LogP contribution in [0.15, 0.2) is 42.9 Å². The molecule has 0 radical (unpaired) electrons. The van der Waals surface area contributed by atoms with Crippen LogP contribution in [0.25, 0.3) is 0 Å². The molecule has 2 aromatic heterocycles. The van der Waals surface area contributed by atoms with Crippen LogP contribution in [0.5, 0.6) is 0 Å². The van der Waals surface area contributed by atoms with Gasteiger partial charge in [-0.15, -0.1) is 0 Å². The molecule has 2 amide bonds. The summed E-state index contributed by atoms with van der Waals surface area (Å²) in [6.07, 6.45) is 13.0. The van der Waals surface area contributed by atoms with Crippen LogP contribution < -0.4 is 0 Å². The third-order valence-corrected chi connectivity index (χ3v) is 10.6. The molecule has 10 heteroatoms. The Morgan fingerprint density at radius 1 is 1.04 bits per heavy atom. The molecule has 1 N–H and O–H groups in total. The molecular weight excluding hydrogens is 600 g/mol. The molecule has 2 atom stereocenters. The van der Waals surface area contributed by atoms with Crippen molar-refractivity contribution in [3.63, 3.8) is 0 Å². The van der Waals surface area contributed by atoms with Gasteiger partial charge in [0.05, 0.1) is 23.8 Å². The second-order valence-corrected chi connectivity index (χ2v) is 14.0. The van der Waals surface area contributed by atoms with Crippen LogP contribution in [0, 0.1) is 12.8 Å². The molecule has 3 heterocycles. The van der Waals surface area contributed by atoms with Gasteiger partial charge in [0.25, 0.3) is 0 Å². The van der Waals surface area contributed by atoms with Gasteiger partial charge in [0.1, 0.15) is 12.1 Å². The third kappa shape index (κ3) is 6.81. The second kappa shape index (κ2) is 13.7. The average molecular weight is 645 g/mol. The summed E-state index contributed by atoms with van der Waals surface area (Å²) in [7, 11) is 0. The first-order valence-electron chi connectivity index (χ1n) is 17.2. The Hall–Kier alpha value is -3.43. The standard InChI is InChI=1S/C36H45ClN6O3/c1-24-31(40-23-39-24)15-17-42(21-25-9-10-25)35(44)32-22-41(18-19-43(32)36(45)46-29-7-3-2-4-8-29)34-30-14-13-28(37)20-27(30)12-11-26-6-5-16-38-33(26)34/h5-6,13-14,16,20,23,25,29,32,34H,2-4,7-12,15,17-19,21-22H2,1H3,(H,39,40)/t32-,34+/m1/s1. The van der Waals surface area contributed by atoms with E-state index in [9.17, 15) is 9.59 Å². The van der Waals surface area contributed by atoms with Crippen LogP contribution in [0.3, 0.4) is 0 Å². The number of rotatable bonds is 8. The number of nitrogens with zero attached hydrogens (tertiary/aromatic N) is 5. The molecule has 3 aliphatic carbocycles. The van der Waals surface area contributed by atoms with Crippen LogP contribution in [-0.4, -0.2) is 86.5 Å². The van der Waals surface area contributed by atoms with Gasteiger partial charge < -0.3 is 14.6 Å². The number of fused-ring (bicyclic) bond motifs is 2. The zero-order valence-electron chi connectivity index (χ0n) is 26.8. The lowest BCUT2D eigenvalue weighted by molar-refractivity contribution is -0.139. The van der Waals surface area contributed by atoms with Crippen molar-refractivity contribution in [1.82, 2.24) is 29.7 Å². The summed E-state index contributed by atoms with van der Waals surface area (Å²) in [5.41, 5.74) is 6.63. The fourth-order valence-corrected chi connectivity index (χ4v) is 7.80. The quantitative estimate of drug-likeness (QED) is 0.329. The molecule has 1 saturated heterocycles. The van der Waals surface area contributed by atoms with E-state index in [-0.39, 0.29) is 24.1 Å². The van der Waals surface area contributed by atoms with Crippen molar-refractivity contribution in [2.24, 2.45) is 5.92 Å². The number of amides is 2. The SMILES string of the molecule is Cc1[nH]cnc1CCN(CC1CC1)C(=O)[C@H]1CN([C@H]2c3ccc(Cl)cc3CCc3cccnc32)CCN1C(=O)OC1CCCCC1. The van der Waals surface area contributed by atoms with Crippen molar-refractivity contribution in [1.29, 1.82) is 0 Å². The van der Waals surface area contributed by atoms with E-state index in [1.165, 1.54) is 23.1 Å². The fourth-order valence-electron chi connectivity index (χ4n) is 7.61. The number of ether oxygens (including phenoxy) is 1. The third-order valence-electron chi connectivity index (χ3n) is 10.4. The minimum atomic E-state index is -0.657. The van der Waals surface area contributed by atoms with Crippen LogP contribution in [0.1, 0.15) is 84.8 Å². The molecule has 9 nitrogen and oxygen atoms in total. The summed E-state index contributed by atoms with van der Waals surface area (Å²) in [5.74, 6) is 0.512. The summed E-state index contributed by atoms with van der Waals surface area (Å²) >= 11 is 6.49. The van der Waals surface area contributed by atoms with Crippen LogP contribution in [-0.2, 0) is 28.8 Å². The number of halogens is 1. The van der Waals surface area contributed by atoms with E-state index in [2.05, 4.69) is 33.1 Å². The monoisotopic (exact) mass is 644 g/mol. The zero-order valence-corrected chi connectivity index (χ0v) is 27.6. The van der Waals surface area contributed by atoms with Gasteiger partial charge in [0.15, 0.2) is 0 Å². The molecule has 3 fully saturated rings. The average Bonchev–Trinajstić information content (AvgIpc) is 3.83. The van der Waals surface area contributed by atoms with Gasteiger partial charge in [0, 0.05) is 56.1 Å². The Balaban J connectivity index is 1.20. The lowest BCUT2D eigenvalue weighted by atomic mass is 9.95. The predicted molar refractivity (Wildman–Crippen MR) is 177 cm³/mol. The predicted octanol–water partition coefficient (Wildman–Crippen LogP) is 5.89. The van der Waals surface area contributed by atoms with Gasteiger partial charge in [-0.05, 0) is 99.1 Å². The molecule has 2 saturated carbocycles. The van der Waals surface area contributed by atoms with Crippen molar-refractivity contribution in [2.75, 3.05) is 32.7 Å².